The first-order valence-electron chi connectivity index (χ1n) is 16.5. The molecular formula is C38H42BrCl2N3O6. The van der Waals surface area contributed by atoms with Crippen LogP contribution in [0, 0.1) is 12.3 Å². The monoisotopic (exact) mass is 785 g/mol. The van der Waals surface area contributed by atoms with Crippen molar-refractivity contribution in [2.45, 2.75) is 65.3 Å². The fraction of sp³-hybridized carbons (Fsp3) is 0.395. The summed E-state index contributed by atoms with van der Waals surface area (Å²) in [5.74, 6) is 1.18. The number of amides is 2. The van der Waals surface area contributed by atoms with Crippen molar-refractivity contribution in [2.75, 3.05) is 26.3 Å². The second-order valence-corrected chi connectivity index (χ2v) is 15.2. The third kappa shape index (κ3) is 8.58. The summed E-state index contributed by atoms with van der Waals surface area (Å²) < 4.78 is 18.5. The topological polar surface area (TPSA) is 114 Å². The maximum absolute atomic E-state index is 12.6. The highest BCUT2D eigenvalue weighted by molar-refractivity contribution is 9.10. The van der Waals surface area contributed by atoms with Crippen molar-refractivity contribution in [2.24, 2.45) is 5.41 Å². The molecule has 0 saturated carbocycles. The minimum atomic E-state index is -0.962. The number of rotatable bonds is 11. The number of aromatic nitrogens is 1. The normalized spacial score (nSPS) is 17.8. The van der Waals surface area contributed by atoms with E-state index in [0.717, 1.165) is 22.3 Å². The predicted octanol–water partition coefficient (Wildman–Crippen LogP) is 9.52. The summed E-state index contributed by atoms with van der Waals surface area (Å²) in [5.41, 5.74) is 4.08. The van der Waals surface area contributed by atoms with E-state index < -0.39 is 17.6 Å². The van der Waals surface area contributed by atoms with Crippen molar-refractivity contribution in [1.29, 1.82) is 0 Å². The Hall–Kier alpha value is -3.73. The number of nitrogens with one attached hydrogen (secondary N) is 1. The molecule has 1 fully saturated rings. The molecule has 0 radical (unpaired) electrons. The zero-order valence-electron chi connectivity index (χ0n) is 28.8. The molecule has 3 aromatic carbocycles. The van der Waals surface area contributed by atoms with Crippen LogP contribution in [0.5, 0.6) is 11.5 Å². The Balaban J connectivity index is 1.42. The minimum absolute atomic E-state index is 0.0673. The van der Waals surface area contributed by atoms with Gasteiger partial charge >= 0.3 is 6.09 Å². The van der Waals surface area contributed by atoms with Gasteiger partial charge in [0.1, 0.15) is 24.7 Å². The standard InChI is InChI=1S/C38H42BrCl2N3O6/c1-22-20-29(40)35(30(41)21-22)49-19-18-48-26-12-10-25(11-13-26)27-15-17-44(37(46)47)36(38(3,4)5)31(27)33-32(39)34(50-43-33)28-9-7-6-8-24(28)14-16-42-23(2)45/h6-13,20-21,27,31,36H,14-19H2,1-5H3,(H,42,45)(H,46,47)/t27-,31+,36?/m1/s1. The van der Waals surface area contributed by atoms with Gasteiger partial charge in [0.2, 0.25) is 5.91 Å². The van der Waals surface area contributed by atoms with Crippen molar-refractivity contribution >= 4 is 51.1 Å². The van der Waals surface area contributed by atoms with Gasteiger partial charge in [-0.05, 0) is 88.0 Å². The van der Waals surface area contributed by atoms with Crippen molar-refractivity contribution in [1.82, 2.24) is 15.4 Å². The molecule has 4 aromatic rings. The Bertz CT molecular complexity index is 1800. The summed E-state index contributed by atoms with van der Waals surface area (Å²) >= 11 is 16.5. The number of carboxylic acid groups (broad SMARTS) is 1. The third-order valence-electron chi connectivity index (χ3n) is 8.98. The van der Waals surface area contributed by atoms with Crippen LogP contribution in [0.25, 0.3) is 11.3 Å². The molecule has 5 rings (SSSR count). The van der Waals surface area contributed by atoms with Gasteiger partial charge in [0.25, 0.3) is 0 Å². The van der Waals surface area contributed by atoms with Crippen LogP contribution in [-0.4, -0.2) is 59.5 Å². The molecule has 1 aliphatic heterocycles. The zero-order valence-corrected chi connectivity index (χ0v) is 31.9. The number of ether oxygens (including phenoxy) is 2. The smallest absolute Gasteiger partial charge is 0.407 e. The van der Waals surface area contributed by atoms with E-state index >= 15 is 0 Å². The molecule has 2 N–H and O–H groups in total. The van der Waals surface area contributed by atoms with E-state index in [0.29, 0.717) is 63.4 Å². The number of hydrogen-bond acceptors (Lipinski definition) is 6. The van der Waals surface area contributed by atoms with Crippen LogP contribution in [0.1, 0.15) is 68.3 Å². The fourth-order valence-electron chi connectivity index (χ4n) is 6.88. The number of likely N-dealkylation sites (tertiary alicyclic amines) is 1. The number of carbonyl (C=O) groups is 2. The fourth-order valence-corrected chi connectivity index (χ4v) is 8.21. The van der Waals surface area contributed by atoms with Crippen molar-refractivity contribution < 1.29 is 28.7 Å². The lowest BCUT2D eigenvalue weighted by Gasteiger charge is -2.49. The molecule has 266 valence electrons. The van der Waals surface area contributed by atoms with Gasteiger partial charge in [-0.25, -0.2) is 4.79 Å². The molecule has 1 aromatic heterocycles. The molecule has 1 saturated heterocycles. The quantitative estimate of drug-likeness (QED) is 0.146. The van der Waals surface area contributed by atoms with E-state index in [4.69, 9.17) is 37.2 Å². The molecule has 1 unspecified atom stereocenters. The number of benzene rings is 3. The second kappa shape index (κ2) is 16.1. The van der Waals surface area contributed by atoms with Gasteiger partial charge in [-0.3, -0.25) is 4.79 Å². The van der Waals surface area contributed by atoms with Crippen molar-refractivity contribution in [3.63, 3.8) is 0 Å². The molecule has 50 heavy (non-hydrogen) atoms. The largest absolute Gasteiger partial charge is 0.490 e. The Labute approximate surface area is 311 Å². The molecule has 0 spiro atoms. The molecule has 1 aliphatic rings. The number of carbonyl (C=O) groups excluding carboxylic acids is 1. The molecule has 2 amide bonds. The third-order valence-corrected chi connectivity index (χ3v) is 10.3. The maximum Gasteiger partial charge on any atom is 0.407 e. The number of hydrogen-bond donors (Lipinski definition) is 2. The van der Waals surface area contributed by atoms with E-state index in [9.17, 15) is 14.7 Å². The van der Waals surface area contributed by atoms with Gasteiger partial charge in [-0.15, -0.1) is 0 Å². The first-order valence-corrected chi connectivity index (χ1v) is 18.1. The van der Waals surface area contributed by atoms with Crippen LogP contribution in [-0.2, 0) is 11.2 Å². The van der Waals surface area contributed by atoms with Gasteiger partial charge in [0, 0.05) is 37.5 Å². The van der Waals surface area contributed by atoms with Crippen LogP contribution in [0.4, 0.5) is 4.79 Å². The van der Waals surface area contributed by atoms with Crippen LogP contribution < -0.4 is 14.8 Å². The summed E-state index contributed by atoms with van der Waals surface area (Å²) in [4.78, 5) is 25.7. The Kier molecular flexibility index (Phi) is 12.1. The lowest BCUT2D eigenvalue weighted by Crippen LogP contribution is -2.55. The van der Waals surface area contributed by atoms with E-state index in [-0.39, 0.29) is 31.0 Å². The molecule has 0 bridgehead atoms. The van der Waals surface area contributed by atoms with Crippen LogP contribution in [0.3, 0.4) is 0 Å². The Morgan fingerprint density at radius 2 is 1.72 bits per heavy atom. The van der Waals surface area contributed by atoms with Crippen LogP contribution >= 0.6 is 39.1 Å². The summed E-state index contributed by atoms with van der Waals surface area (Å²) in [6, 6.07) is 18.9. The van der Waals surface area contributed by atoms with Gasteiger partial charge in [-0.2, -0.15) is 0 Å². The predicted molar refractivity (Wildman–Crippen MR) is 199 cm³/mol. The first-order chi connectivity index (χ1) is 23.8. The SMILES string of the molecule is CC(=O)NCCc1ccccc1-c1onc([C@H]2C(C(C)(C)C)N(C(=O)O)CC[C@@H]2c2ccc(OCCOc3c(Cl)cc(C)cc3Cl)cc2)c1Br. The summed E-state index contributed by atoms with van der Waals surface area (Å²) in [7, 11) is 0. The zero-order chi connectivity index (χ0) is 36.2. The summed E-state index contributed by atoms with van der Waals surface area (Å²) in [5, 5.41) is 18.8. The molecular weight excluding hydrogens is 745 g/mol. The maximum atomic E-state index is 12.6. The van der Waals surface area contributed by atoms with Gasteiger partial charge < -0.3 is 29.3 Å². The van der Waals surface area contributed by atoms with Crippen molar-refractivity contribution in [3.8, 4) is 22.8 Å². The first kappa shape index (κ1) is 37.5. The highest BCUT2D eigenvalue weighted by Gasteiger charge is 2.49. The lowest BCUT2D eigenvalue weighted by molar-refractivity contribution is -0.118. The molecule has 2 heterocycles. The van der Waals surface area contributed by atoms with E-state index in [1.165, 1.54) is 6.92 Å². The average molecular weight is 788 g/mol. The van der Waals surface area contributed by atoms with Gasteiger partial charge in [-0.1, -0.05) is 85.5 Å². The molecule has 12 heteroatoms. The van der Waals surface area contributed by atoms with E-state index in [1.54, 1.807) is 17.0 Å². The minimum Gasteiger partial charge on any atom is -0.490 e. The summed E-state index contributed by atoms with van der Waals surface area (Å²) in [6.45, 7) is 11.0. The highest BCUT2D eigenvalue weighted by atomic mass is 79.9. The molecule has 9 nitrogen and oxygen atoms in total. The highest BCUT2D eigenvalue weighted by Crippen LogP contribution is 2.51. The van der Waals surface area contributed by atoms with Crippen LogP contribution in [0.15, 0.2) is 69.7 Å². The van der Waals surface area contributed by atoms with E-state index in [1.807, 2.05) is 55.5 Å². The van der Waals surface area contributed by atoms with Gasteiger partial charge in [0.15, 0.2) is 11.5 Å². The Morgan fingerprint density at radius 1 is 1.06 bits per heavy atom. The number of aryl methyl sites for hydroxylation is 1. The Morgan fingerprint density at radius 3 is 2.36 bits per heavy atom. The number of halogens is 3. The summed E-state index contributed by atoms with van der Waals surface area (Å²) in [6.07, 6.45) is 0.239. The van der Waals surface area contributed by atoms with Gasteiger partial charge in [0.05, 0.1) is 14.5 Å². The van der Waals surface area contributed by atoms with Crippen molar-refractivity contribution in [3.05, 3.63) is 97.6 Å². The van der Waals surface area contributed by atoms with E-state index in [2.05, 4.69) is 47.2 Å². The number of nitrogens with zero attached hydrogens (tertiary/aromatic N) is 2. The molecule has 3 atom stereocenters. The molecule has 0 aliphatic carbocycles. The second-order valence-electron chi connectivity index (χ2n) is 13.6. The average Bonchev–Trinajstić information content (AvgIpc) is 3.43. The number of piperidine rings is 1. The lowest BCUT2D eigenvalue weighted by atomic mass is 9.66. The van der Waals surface area contributed by atoms with Crippen LogP contribution in [0.2, 0.25) is 10.0 Å².